The van der Waals surface area contributed by atoms with Crippen LogP contribution in [0.3, 0.4) is 0 Å². The van der Waals surface area contributed by atoms with Gasteiger partial charge in [0.15, 0.2) is 0 Å². The molecule has 0 saturated carbocycles. The zero-order valence-corrected chi connectivity index (χ0v) is 10.9. The molecule has 0 amide bonds. The van der Waals surface area contributed by atoms with Gasteiger partial charge in [-0.3, -0.25) is 14.4 Å². The molecule has 0 bridgehead atoms. The van der Waals surface area contributed by atoms with Crippen molar-refractivity contribution in [2.75, 3.05) is 13.1 Å². The Hall–Kier alpha value is -2.02. The Balaban J connectivity index is 1.68. The fourth-order valence-electron chi connectivity index (χ4n) is 2.33. The standard InChI is InChI=1S/C12H16N6O/c1-16-12(19)6-10-7-17(3-2-11(10)15-16)4-5-18-9-13-8-14-18/h6,8-9H,2-5,7H2,1H3. The van der Waals surface area contributed by atoms with Gasteiger partial charge in [0.05, 0.1) is 12.2 Å². The van der Waals surface area contributed by atoms with Gasteiger partial charge in [-0.2, -0.15) is 10.2 Å². The van der Waals surface area contributed by atoms with Crippen LogP contribution >= 0.6 is 0 Å². The first kappa shape index (κ1) is 12.0. The van der Waals surface area contributed by atoms with Crippen molar-refractivity contribution in [2.45, 2.75) is 19.5 Å². The van der Waals surface area contributed by atoms with Crippen LogP contribution in [0.5, 0.6) is 0 Å². The Kier molecular flexibility index (Phi) is 3.12. The molecule has 7 heteroatoms. The zero-order valence-electron chi connectivity index (χ0n) is 10.9. The van der Waals surface area contributed by atoms with Crippen LogP contribution in [-0.2, 0) is 26.6 Å². The van der Waals surface area contributed by atoms with Gasteiger partial charge in [-0.25, -0.2) is 9.67 Å². The van der Waals surface area contributed by atoms with Crippen LogP contribution in [0.4, 0.5) is 0 Å². The minimum Gasteiger partial charge on any atom is -0.297 e. The molecular formula is C12H16N6O. The molecule has 0 aromatic carbocycles. The lowest BCUT2D eigenvalue weighted by Crippen LogP contribution is -2.36. The number of aromatic nitrogens is 5. The van der Waals surface area contributed by atoms with Gasteiger partial charge in [-0.1, -0.05) is 0 Å². The van der Waals surface area contributed by atoms with Gasteiger partial charge in [0.1, 0.15) is 12.7 Å². The van der Waals surface area contributed by atoms with Crippen molar-refractivity contribution in [3.8, 4) is 0 Å². The van der Waals surface area contributed by atoms with E-state index in [1.807, 2.05) is 4.68 Å². The summed E-state index contributed by atoms with van der Waals surface area (Å²) in [6.07, 6.45) is 4.15. The van der Waals surface area contributed by atoms with Crippen molar-refractivity contribution in [1.29, 1.82) is 0 Å². The van der Waals surface area contributed by atoms with Crippen molar-refractivity contribution >= 4 is 0 Å². The number of fused-ring (bicyclic) bond motifs is 1. The molecule has 2 aromatic rings. The molecule has 19 heavy (non-hydrogen) atoms. The molecule has 2 aromatic heterocycles. The maximum absolute atomic E-state index is 11.6. The number of hydrogen-bond donors (Lipinski definition) is 0. The Morgan fingerprint density at radius 1 is 1.37 bits per heavy atom. The minimum atomic E-state index is -0.0446. The molecule has 1 aliphatic rings. The number of nitrogens with zero attached hydrogens (tertiary/aromatic N) is 6. The van der Waals surface area contributed by atoms with Gasteiger partial charge in [-0.15, -0.1) is 0 Å². The number of rotatable bonds is 3. The molecule has 0 fully saturated rings. The molecule has 0 spiro atoms. The summed E-state index contributed by atoms with van der Waals surface area (Å²) in [6, 6.07) is 1.70. The second-order valence-electron chi connectivity index (χ2n) is 4.76. The van der Waals surface area contributed by atoms with Gasteiger partial charge in [0.25, 0.3) is 5.56 Å². The van der Waals surface area contributed by atoms with Crippen LogP contribution in [0, 0.1) is 0 Å². The third-order valence-corrected chi connectivity index (χ3v) is 3.43. The van der Waals surface area contributed by atoms with Gasteiger partial charge in [-0.05, 0) is 5.56 Å². The van der Waals surface area contributed by atoms with E-state index in [0.717, 1.165) is 43.9 Å². The summed E-state index contributed by atoms with van der Waals surface area (Å²) >= 11 is 0. The van der Waals surface area contributed by atoms with Crippen molar-refractivity contribution < 1.29 is 0 Å². The average molecular weight is 260 g/mol. The highest BCUT2D eigenvalue weighted by molar-refractivity contribution is 5.20. The van der Waals surface area contributed by atoms with E-state index in [4.69, 9.17) is 0 Å². The summed E-state index contributed by atoms with van der Waals surface area (Å²) in [5, 5.41) is 8.39. The smallest absolute Gasteiger partial charge is 0.266 e. The topological polar surface area (TPSA) is 68.8 Å². The minimum absolute atomic E-state index is 0.0446. The van der Waals surface area contributed by atoms with E-state index in [9.17, 15) is 4.79 Å². The predicted molar refractivity (Wildman–Crippen MR) is 68.5 cm³/mol. The Morgan fingerprint density at radius 3 is 3.05 bits per heavy atom. The maximum atomic E-state index is 11.6. The quantitative estimate of drug-likeness (QED) is 0.739. The Morgan fingerprint density at radius 2 is 2.26 bits per heavy atom. The number of aryl methyl sites for hydroxylation is 1. The second kappa shape index (κ2) is 4.93. The van der Waals surface area contributed by atoms with Crippen molar-refractivity contribution in [3.05, 3.63) is 40.3 Å². The van der Waals surface area contributed by atoms with Gasteiger partial charge >= 0.3 is 0 Å². The van der Waals surface area contributed by atoms with Crippen molar-refractivity contribution in [2.24, 2.45) is 7.05 Å². The molecule has 3 heterocycles. The molecule has 0 unspecified atom stereocenters. The van der Waals surface area contributed by atoms with Crippen LogP contribution in [0.2, 0.25) is 0 Å². The lowest BCUT2D eigenvalue weighted by Gasteiger charge is -2.27. The van der Waals surface area contributed by atoms with Crippen LogP contribution in [0.15, 0.2) is 23.5 Å². The average Bonchev–Trinajstić information content (AvgIpc) is 2.91. The maximum Gasteiger partial charge on any atom is 0.266 e. The summed E-state index contributed by atoms with van der Waals surface area (Å²) in [7, 11) is 1.69. The van der Waals surface area contributed by atoms with Crippen LogP contribution in [-0.4, -0.2) is 42.5 Å². The summed E-state index contributed by atoms with van der Waals surface area (Å²) in [4.78, 5) is 17.8. The lowest BCUT2D eigenvalue weighted by molar-refractivity contribution is 0.236. The first-order valence-corrected chi connectivity index (χ1v) is 6.33. The molecule has 1 aliphatic heterocycles. The van der Waals surface area contributed by atoms with Gasteiger partial charge in [0.2, 0.25) is 0 Å². The summed E-state index contributed by atoms with van der Waals surface area (Å²) in [6.45, 7) is 3.46. The highest BCUT2D eigenvalue weighted by Crippen LogP contribution is 2.14. The monoisotopic (exact) mass is 260 g/mol. The van der Waals surface area contributed by atoms with Gasteiger partial charge in [0, 0.05) is 39.2 Å². The fraction of sp³-hybridized carbons (Fsp3) is 0.500. The third kappa shape index (κ3) is 2.55. The predicted octanol–water partition coefficient (Wildman–Crippen LogP) is -0.570. The molecular weight excluding hydrogens is 244 g/mol. The molecule has 0 N–H and O–H groups in total. The number of hydrogen-bond acceptors (Lipinski definition) is 5. The molecule has 0 atom stereocenters. The summed E-state index contributed by atoms with van der Waals surface area (Å²) in [5.41, 5.74) is 2.05. The lowest BCUT2D eigenvalue weighted by atomic mass is 10.1. The fourth-order valence-corrected chi connectivity index (χ4v) is 2.33. The molecule has 0 saturated heterocycles. The van der Waals surface area contributed by atoms with E-state index in [1.54, 1.807) is 25.8 Å². The van der Waals surface area contributed by atoms with E-state index in [1.165, 1.54) is 4.68 Å². The summed E-state index contributed by atoms with van der Waals surface area (Å²) in [5.74, 6) is 0. The molecule has 7 nitrogen and oxygen atoms in total. The molecule has 0 radical (unpaired) electrons. The van der Waals surface area contributed by atoms with Crippen LogP contribution < -0.4 is 5.56 Å². The van der Waals surface area contributed by atoms with E-state index >= 15 is 0 Å². The largest absolute Gasteiger partial charge is 0.297 e. The zero-order chi connectivity index (χ0) is 13.2. The molecule has 0 aliphatic carbocycles. The normalized spacial score (nSPS) is 15.4. The van der Waals surface area contributed by atoms with Gasteiger partial charge < -0.3 is 0 Å². The van der Waals surface area contributed by atoms with E-state index in [2.05, 4.69) is 20.1 Å². The highest BCUT2D eigenvalue weighted by Gasteiger charge is 2.18. The van der Waals surface area contributed by atoms with Crippen LogP contribution in [0.1, 0.15) is 11.3 Å². The first-order valence-electron chi connectivity index (χ1n) is 6.33. The van der Waals surface area contributed by atoms with E-state index in [0.29, 0.717) is 0 Å². The summed E-state index contributed by atoms with van der Waals surface area (Å²) < 4.78 is 3.22. The first-order chi connectivity index (χ1) is 9.22. The SMILES string of the molecule is Cn1nc2c(cc1=O)CN(CCn1cncn1)CC2. The molecule has 100 valence electrons. The second-order valence-corrected chi connectivity index (χ2v) is 4.76. The third-order valence-electron chi connectivity index (χ3n) is 3.43. The Bertz CT molecular complexity index is 618. The van der Waals surface area contributed by atoms with Crippen LogP contribution in [0.25, 0.3) is 0 Å². The van der Waals surface area contributed by atoms with E-state index < -0.39 is 0 Å². The van der Waals surface area contributed by atoms with Crippen molar-refractivity contribution in [3.63, 3.8) is 0 Å². The van der Waals surface area contributed by atoms with E-state index in [-0.39, 0.29) is 5.56 Å². The molecule has 3 rings (SSSR count). The Labute approximate surface area is 110 Å². The van der Waals surface area contributed by atoms with Crippen molar-refractivity contribution in [1.82, 2.24) is 29.4 Å². The highest BCUT2D eigenvalue weighted by atomic mass is 16.1.